The second kappa shape index (κ2) is 5.29. The fraction of sp³-hybridized carbons (Fsp3) is 0.500. The van der Waals surface area contributed by atoms with Crippen molar-refractivity contribution >= 4 is 23.4 Å². The van der Waals surface area contributed by atoms with E-state index in [4.69, 9.17) is 21.1 Å². The van der Waals surface area contributed by atoms with Gasteiger partial charge in [-0.2, -0.15) is 4.98 Å². The number of morpholine rings is 1. The van der Waals surface area contributed by atoms with Crippen molar-refractivity contribution in [3.63, 3.8) is 0 Å². The number of carbonyl (C=O) groups is 1. The maximum atomic E-state index is 10.9. The molecule has 1 aliphatic heterocycles. The summed E-state index contributed by atoms with van der Waals surface area (Å²) in [6.07, 6.45) is 0. The van der Waals surface area contributed by atoms with E-state index in [1.54, 1.807) is 6.07 Å². The predicted molar refractivity (Wildman–Crippen MR) is 61.4 cm³/mol. The van der Waals surface area contributed by atoms with Gasteiger partial charge in [-0.1, -0.05) is 0 Å². The Balaban J connectivity index is 2.20. The molecule has 7 heteroatoms. The van der Waals surface area contributed by atoms with Crippen LogP contribution in [0.25, 0.3) is 0 Å². The lowest BCUT2D eigenvalue weighted by atomic mass is 10.4. The van der Waals surface area contributed by atoms with Gasteiger partial charge < -0.3 is 14.4 Å². The fourth-order valence-electron chi connectivity index (χ4n) is 1.54. The highest BCUT2D eigenvalue weighted by Crippen LogP contribution is 2.20. The van der Waals surface area contributed by atoms with Crippen molar-refractivity contribution in [2.24, 2.45) is 0 Å². The zero-order valence-corrected chi connectivity index (χ0v) is 10.1. The van der Waals surface area contributed by atoms with E-state index in [9.17, 15) is 4.79 Å². The summed E-state index contributed by atoms with van der Waals surface area (Å²) in [5.41, 5.74) is 0. The first-order valence-electron chi connectivity index (χ1n) is 5.21. The summed E-state index contributed by atoms with van der Waals surface area (Å²) in [7, 11) is 0. The molecule has 1 saturated heterocycles. The molecule has 2 rings (SSSR count). The second-order valence-electron chi connectivity index (χ2n) is 3.53. The van der Waals surface area contributed by atoms with E-state index < -0.39 is 5.97 Å². The van der Waals surface area contributed by atoms with Crippen LogP contribution in [0.5, 0.6) is 5.88 Å². The van der Waals surface area contributed by atoms with Gasteiger partial charge in [-0.15, -0.1) is 0 Å². The number of rotatable bonds is 2. The standard InChI is InChI=1S/C10H12ClN3O3/c1-7(15)17-9-6-8(12-10(11)13-9)14-2-4-16-5-3-14/h6H,2-5H2,1H3. The van der Waals surface area contributed by atoms with Crippen molar-refractivity contribution in [2.45, 2.75) is 6.92 Å². The van der Waals surface area contributed by atoms with Gasteiger partial charge in [0.05, 0.1) is 13.2 Å². The third-order valence-electron chi connectivity index (χ3n) is 2.25. The van der Waals surface area contributed by atoms with Gasteiger partial charge in [0.15, 0.2) is 0 Å². The minimum absolute atomic E-state index is 0.0604. The van der Waals surface area contributed by atoms with Crippen molar-refractivity contribution in [1.29, 1.82) is 0 Å². The van der Waals surface area contributed by atoms with Gasteiger partial charge in [0.2, 0.25) is 11.2 Å². The van der Waals surface area contributed by atoms with Crippen LogP contribution in [-0.2, 0) is 9.53 Å². The second-order valence-corrected chi connectivity index (χ2v) is 3.86. The van der Waals surface area contributed by atoms with Gasteiger partial charge >= 0.3 is 5.97 Å². The fourth-order valence-corrected chi connectivity index (χ4v) is 1.71. The zero-order chi connectivity index (χ0) is 12.3. The highest BCUT2D eigenvalue weighted by molar-refractivity contribution is 6.28. The van der Waals surface area contributed by atoms with Gasteiger partial charge in [0, 0.05) is 26.1 Å². The molecule has 0 atom stereocenters. The Hall–Kier alpha value is -1.40. The minimum Gasteiger partial charge on any atom is -0.407 e. The number of anilines is 1. The summed E-state index contributed by atoms with van der Waals surface area (Å²) in [6.45, 7) is 4.05. The Bertz CT molecular complexity index is 421. The number of esters is 1. The molecular weight excluding hydrogens is 246 g/mol. The number of nitrogens with zero attached hydrogens (tertiary/aromatic N) is 3. The number of halogens is 1. The Morgan fingerprint density at radius 2 is 2.18 bits per heavy atom. The minimum atomic E-state index is -0.437. The Morgan fingerprint density at radius 1 is 1.47 bits per heavy atom. The van der Waals surface area contributed by atoms with Crippen LogP contribution in [0.1, 0.15) is 6.92 Å². The average Bonchev–Trinajstić information content (AvgIpc) is 2.28. The smallest absolute Gasteiger partial charge is 0.309 e. The monoisotopic (exact) mass is 257 g/mol. The van der Waals surface area contributed by atoms with Gasteiger partial charge in [0.25, 0.3) is 0 Å². The lowest BCUT2D eigenvalue weighted by molar-refractivity contribution is -0.132. The molecule has 6 nitrogen and oxygen atoms in total. The van der Waals surface area contributed by atoms with Gasteiger partial charge in [-0.3, -0.25) is 4.79 Å². The van der Waals surface area contributed by atoms with Gasteiger partial charge in [-0.05, 0) is 11.6 Å². The van der Waals surface area contributed by atoms with Gasteiger partial charge in [-0.25, -0.2) is 4.98 Å². The number of aromatic nitrogens is 2. The molecule has 2 heterocycles. The van der Waals surface area contributed by atoms with Crippen LogP contribution in [0.15, 0.2) is 6.07 Å². The molecule has 17 heavy (non-hydrogen) atoms. The Morgan fingerprint density at radius 3 is 2.82 bits per heavy atom. The number of carbonyl (C=O) groups excluding carboxylic acids is 1. The first-order chi connectivity index (χ1) is 8.15. The lowest BCUT2D eigenvalue weighted by Gasteiger charge is -2.27. The van der Waals surface area contributed by atoms with Crippen molar-refractivity contribution in [3.8, 4) is 5.88 Å². The highest BCUT2D eigenvalue weighted by Gasteiger charge is 2.15. The van der Waals surface area contributed by atoms with E-state index >= 15 is 0 Å². The van der Waals surface area contributed by atoms with E-state index in [1.165, 1.54) is 6.92 Å². The normalized spacial score (nSPS) is 15.8. The molecule has 1 aromatic rings. The molecule has 0 radical (unpaired) electrons. The number of ether oxygens (including phenoxy) is 2. The lowest BCUT2D eigenvalue weighted by Crippen LogP contribution is -2.36. The summed E-state index contributed by atoms with van der Waals surface area (Å²) >= 11 is 5.78. The Labute approximate surface area is 104 Å². The van der Waals surface area contributed by atoms with Crippen LogP contribution in [0.2, 0.25) is 5.28 Å². The maximum absolute atomic E-state index is 10.9. The zero-order valence-electron chi connectivity index (χ0n) is 9.35. The summed E-state index contributed by atoms with van der Waals surface area (Å²) in [4.78, 5) is 20.8. The first-order valence-corrected chi connectivity index (χ1v) is 5.58. The highest BCUT2D eigenvalue weighted by atomic mass is 35.5. The van der Waals surface area contributed by atoms with Crippen molar-refractivity contribution in [1.82, 2.24) is 9.97 Å². The molecule has 92 valence electrons. The molecule has 1 aliphatic rings. The third-order valence-corrected chi connectivity index (χ3v) is 2.41. The summed E-state index contributed by atoms with van der Waals surface area (Å²) < 4.78 is 10.1. The van der Waals surface area contributed by atoms with Crippen molar-refractivity contribution < 1.29 is 14.3 Å². The largest absolute Gasteiger partial charge is 0.407 e. The van der Waals surface area contributed by atoms with E-state index in [-0.39, 0.29) is 11.2 Å². The van der Waals surface area contributed by atoms with Crippen LogP contribution >= 0.6 is 11.6 Å². The molecule has 0 aliphatic carbocycles. The molecule has 0 unspecified atom stereocenters. The number of hydrogen-bond donors (Lipinski definition) is 0. The van der Waals surface area contributed by atoms with Crippen LogP contribution in [0, 0.1) is 0 Å². The molecule has 1 fully saturated rings. The van der Waals surface area contributed by atoms with Crippen LogP contribution in [0.4, 0.5) is 5.82 Å². The van der Waals surface area contributed by atoms with E-state index in [0.717, 1.165) is 13.1 Å². The molecule has 0 saturated carbocycles. The molecule has 0 spiro atoms. The van der Waals surface area contributed by atoms with Crippen molar-refractivity contribution in [3.05, 3.63) is 11.3 Å². The summed E-state index contributed by atoms with van der Waals surface area (Å²) in [5, 5.41) is 0.0604. The molecular formula is C10H12ClN3O3. The maximum Gasteiger partial charge on any atom is 0.309 e. The first kappa shape index (κ1) is 12.1. The molecule has 0 bridgehead atoms. The van der Waals surface area contributed by atoms with E-state index in [2.05, 4.69) is 9.97 Å². The Kier molecular flexibility index (Phi) is 3.75. The quantitative estimate of drug-likeness (QED) is 0.579. The molecule has 0 N–H and O–H groups in total. The van der Waals surface area contributed by atoms with E-state index in [1.807, 2.05) is 4.90 Å². The molecule has 1 aromatic heterocycles. The summed E-state index contributed by atoms with van der Waals surface area (Å²) in [5.74, 6) is 0.372. The SMILES string of the molecule is CC(=O)Oc1cc(N2CCOCC2)nc(Cl)n1. The molecule has 0 aromatic carbocycles. The van der Waals surface area contributed by atoms with E-state index in [0.29, 0.717) is 19.0 Å². The van der Waals surface area contributed by atoms with Gasteiger partial charge in [0.1, 0.15) is 5.82 Å². The summed E-state index contributed by atoms with van der Waals surface area (Å²) in [6, 6.07) is 1.60. The topological polar surface area (TPSA) is 64.5 Å². The van der Waals surface area contributed by atoms with Crippen LogP contribution in [-0.4, -0.2) is 42.2 Å². The van der Waals surface area contributed by atoms with Crippen LogP contribution in [0.3, 0.4) is 0 Å². The average molecular weight is 258 g/mol. The predicted octanol–water partition coefficient (Wildman–Crippen LogP) is 0.892. The van der Waals surface area contributed by atoms with Crippen molar-refractivity contribution in [2.75, 3.05) is 31.2 Å². The number of hydrogen-bond acceptors (Lipinski definition) is 6. The molecule has 0 amide bonds. The van der Waals surface area contributed by atoms with Crippen LogP contribution < -0.4 is 9.64 Å². The third kappa shape index (κ3) is 3.28.